The largest absolute Gasteiger partial charge is 0.372 e. The van der Waals surface area contributed by atoms with Gasteiger partial charge in [-0.25, -0.2) is 4.39 Å². The summed E-state index contributed by atoms with van der Waals surface area (Å²) in [6.45, 7) is 8.43. The molecular formula is C24H25ClFN5. The zero-order chi connectivity index (χ0) is 21.8. The van der Waals surface area contributed by atoms with Crippen molar-refractivity contribution in [2.75, 3.05) is 13.1 Å². The summed E-state index contributed by atoms with van der Waals surface area (Å²) in [5, 5.41) is 12.9. The van der Waals surface area contributed by atoms with Crippen LogP contribution >= 0.6 is 11.6 Å². The molecule has 1 aromatic heterocycles. The number of benzene rings is 2. The maximum absolute atomic E-state index is 13.2. The number of aromatic nitrogens is 4. The molecule has 1 fully saturated rings. The fourth-order valence-electron chi connectivity index (χ4n) is 3.94. The second kappa shape index (κ2) is 9.43. The SMILES string of the molecule is C=C(/C=C/c1ccc(Cl)cc1Cn1nnc(C)n1)N1CCC(c2ccc(F)cc2)CC1. The lowest BCUT2D eigenvalue weighted by Crippen LogP contribution is -2.31. The molecule has 1 saturated heterocycles. The molecule has 2 aromatic carbocycles. The number of halogens is 2. The number of hydrogen-bond donors (Lipinski definition) is 0. The predicted molar refractivity (Wildman–Crippen MR) is 121 cm³/mol. The van der Waals surface area contributed by atoms with Crippen molar-refractivity contribution in [1.82, 2.24) is 25.1 Å². The van der Waals surface area contributed by atoms with Gasteiger partial charge in [0.15, 0.2) is 5.82 Å². The van der Waals surface area contributed by atoms with Crippen LogP contribution in [-0.4, -0.2) is 38.2 Å². The Bertz CT molecular complexity index is 1080. The van der Waals surface area contributed by atoms with Gasteiger partial charge >= 0.3 is 0 Å². The summed E-state index contributed by atoms with van der Waals surface area (Å²) in [5.74, 6) is 0.919. The Morgan fingerprint density at radius 2 is 1.94 bits per heavy atom. The Hall–Kier alpha value is -2.99. The first kappa shape index (κ1) is 21.2. The molecule has 0 bridgehead atoms. The summed E-state index contributed by atoms with van der Waals surface area (Å²) in [6.07, 6.45) is 6.17. The van der Waals surface area contributed by atoms with Crippen molar-refractivity contribution in [3.05, 3.63) is 94.2 Å². The highest BCUT2D eigenvalue weighted by atomic mass is 35.5. The van der Waals surface area contributed by atoms with E-state index in [4.69, 9.17) is 11.6 Å². The van der Waals surface area contributed by atoms with Crippen molar-refractivity contribution in [2.24, 2.45) is 0 Å². The lowest BCUT2D eigenvalue weighted by molar-refractivity contribution is 0.271. The van der Waals surface area contributed by atoms with Gasteiger partial charge in [0.2, 0.25) is 0 Å². The minimum atomic E-state index is -0.184. The van der Waals surface area contributed by atoms with Crippen LogP contribution in [0.15, 0.2) is 60.8 Å². The van der Waals surface area contributed by atoms with Crippen LogP contribution < -0.4 is 0 Å². The second-order valence-corrected chi connectivity index (χ2v) is 8.28. The molecule has 0 N–H and O–H groups in total. The number of tetrazole rings is 1. The number of hydrogen-bond acceptors (Lipinski definition) is 4. The van der Waals surface area contributed by atoms with Gasteiger partial charge in [0.1, 0.15) is 5.82 Å². The van der Waals surface area contributed by atoms with Gasteiger partial charge < -0.3 is 4.90 Å². The van der Waals surface area contributed by atoms with Crippen LogP contribution in [0.25, 0.3) is 6.08 Å². The molecule has 0 unspecified atom stereocenters. The maximum atomic E-state index is 13.2. The Labute approximate surface area is 186 Å². The normalized spacial score (nSPS) is 15.0. The summed E-state index contributed by atoms with van der Waals surface area (Å²) >= 11 is 6.21. The molecule has 160 valence electrons. The van der Waals surface area contributed by atoms with E-state index in [-0.39, 0.29) is 5.82 Å². The molecule has 0 spiro atoms. The molecule has 3 aromatic rings. The average Bonchev–Trinajstić information content (AvgIpc) is 3.18. The molecule has 1 aliphatic heterocycles. The zero-order valence-electron chi connectivity index (χ0n) is 17.5. The van der Waals surface area contributed by atoms with E-state index in [1.165, 1.54) is 5.56 Å². The number of allylic oxidation sites excluding steroid dienone is 1. The molecule has 0 atom stereocenters. The van der Waals surface area contributed by atoms with E-state index in [0.717, 1.165) is 42.8 Å². The Morgan fingerprint density at radius 1 is 1.19 bits per heavy atom. The lowest BCUT2D eigenvalue weighted by Gasteiger charge is -2.34. The van der Waals surface area contributed by atoms with Crippen LogP contribution in [0.5, 0.6) is 0 Å². The molecule has 0 radical (unpaired) electrons. The van der Waals surface area contributed by atoms with E-state index in [2.05, 4.69) is 33.0 Å². The van der Waals surface area contributed by atoms with E-state index >= 15 is 0 Å². The third-order valence-corrected chi connectivity index (χ3v) is 5.90. The zero-order valence-corrected chi connectivity index (χ0v) is 18.3. The third-order valence-electron chi connectivity index (χ3n) is 5.67. The van der Waals surface area contributed by atoms with Gasteiger partial charge in [0.05, 0.1) is 6.54 Å². The molecule has 1 aliphatic rings. The summed E-state index contributed by atoms with van der Waals surface area (Å²) in [7, 11) is 0. The number of rotatable bonds is 6. The highest BCUT2D eigenvalue weighted by Gasteiger charge is 2.20. The van der Waals surface area contributed by atoms with Crippen LogP contribution in [0.2, 0.25) is 5.02 Å². The first-order valence-electron chi connectivity index (χ1n) is 10.4. The van der Waals surface area contributed by atoms with Crippen molar-refractivity contribution in [1.29, 1.82) is 0 Å². The first-order chi connectivity index (χ1) is 15.0. The molecule has 0 saturated carbocycles. The van der Waals surface area contributed by atoms with E-state index < -0.39 is 0 Å². The van der Waals surface area contributed by atoms with Gasteiger partial charge in [-0.2, -0.15) is 4.80 Å². The topological polar surface area (TPSA) is 46.8 Å². The predicted octanol–water partition coefficient (Wildman–Crippen LogP) is 5.23. The summed E-state index contributed by atoms with van der Waals surface area (Å²) < 4.78 is 13.2. The van der Waals surface area contributed by atoms with Crippen molar-refractivity contribution >= 4 is 17.7 Å². The van der Waals surface area contributed by atoms with Crippen molar-refractivity contribution in [3.63, 3.8) is 0 Å². The Kier molecular flexibility index (Phi) is 6.47. The van der Waals surface area contributed by atoms with Gasteiger partial charge in [0, 0.05) is 23.8 Å². The average molecular weight is 438 g/mol. The van der Waals surface area contributed by atoms with Crippen molar-refractivity contribution in [2.45, 2.75) is 32.2 Å². The van der Waals surface area contributed by atoms with E-state index in [1.54, 1.807) is 16.9 Å². The van der Waals surface area contributed by atoms with Gasteiger partial charge in [0.25, 0.3) is 0 Å². The fraction of sp³-hybridized carbons (Fsp3) is 0.292. The molecule has 4 rings (SSSR count). The Morgan fingerprint density at radius 3 is 2.61 bits per heavy atom. The summed E-state index contributed by atoms with van der Waals surface area (Å²) in [6, 6.07) is 12.7. The number of aryl methyl sites for hydroxylation is 1. The minimum absolute atomic E-state index is 0.184. The first-order valence-corrected chi connectivity index (χ1v) is 10.8. The molecule has 0 aliphatic carbocycles. The van der Waals surface area contributed by atoms with Crippen LogP contribution in [0.1, 0.15) is 41.3 Å². The maximum Gasteiger partial charge on any atom is 0.171 e. The standard InChI is InChI=1S/C24H25ClFN5/c1-17(30-13-11-21(12-14-30)19-6-9-24(26)10-7-19)3-4-20-5-8-23(25)15-22(20)16-31-28-18(2)27-29-31/h3-10,15,21H,1,11-14,16H2,2H3/b4-3+. The molecule has 31 heavy (non-hydrogen) atoms. The van der Waals surface area contributed by atoms with Gasteiger partial charge in [-0.3, -0.25) is 0 Å². The third kappa shape index (κ3) is 5.39. The van der Waals surface area contributed by atoms with Gasteiger partial charge in [-0.15, -0.1) is 10.2 Å². The van der Waals surface area contributed by atoms with Gasteiger partial charge in [-0.05, 0) is 77.9 Å². The molecule has 2 heterocycles. The fourth-order valence-corrected chi connectivity index (χ4v) is 4.14. The van der Waals surface area contributed by atoms with E-state index in [9.17, 15) is 4.39 Å². The van der Waals surface area contributed by atoms with Crippen LogP contribution in [-0.2, 0) is 6.54 Å². The van der Waals surface area contributed by atoms with Crippen molar-refractivity contribution in [3.8, 4) is 0 Å². The minimum Gasteiger partial charge on any atom is -0.372 e. The summed E-state index contributed by atoms with van der Waals surface area (Å²) in [5.41, 5.74) is 4.25. The molecule has 5 nitrogen and oxygen atoms in total. The Balaban J connectivity index is 1.40. The molecular weight excluding hydrogens is 413 g/mol. The number of nitrogens with zero attached hydrogens (tertiary/aromatic N) is 5. The van der Waals surface area contributed by atoms with Crippen LogP contribution in [0.4, 0.5) is 4.39 Å². The van der Waals surface area contributed by atoms with Crippen LogP contribution in [0, 0.1) is 12.7 Å². The van der Waals surface area contributed by atoms with Crippen LogP contribution in [0.3, 0.4) is 0 Å². The molecule has 7 heteroatoms. The van der Waals surface area contributed by atoms with Crippen molar-refractivity contribution < 1.29 is 4.39 Å². The second-order valence-electron chi connectivity index (χ2n) is 7.85. The number of likely N-dealkylation sites (tertiary alicyclic amines) is 1. The van der Waals surface area contributed by atoms with E-state index in [1.807, 2.05) is 43.3 Å². The number of piperidine rings is 1. The monoisotopic (exact) mass is 437 g/mol. The highest BCUT2D eigenvalue weighted by molar-refractivity contribution is 6.30. The lowest BCUT2D eigenvalue weighted by atomic mass is 9.89. The van der Waals surface area contributed by atoms with Gasteiger partial charge in [-0.1, -0.05) is 42.5 Å². The van der Waals surface area contributed by atoms with E-state index in [0.29, 0.717) is 23.3 Å². The quantitative estimate of drug-likeness (QED) is 0.495. The smallest absolute Gasteiger partial charge is 0.171 e. The molecule has 0 amide bonds. The summed E-state index contributed by atoms with van der Waals surface area (Å²) in [4.78, 5) is 3.86. The highest BCUT2D eigenvalue weighted by Crippen LogP contribution is 2.30.